The second kappa shape index (κ2) is 7.63. The van der Waals surface area contributed by atoms with Gasteiger partial charge in [-0.1, -0.05) is 11.6 Å². The molecule has 0 radical (unpaired) electrons. The van der Waals surface area contributed by atoms with Crippen molar-refractivity contribution in [3.05, 3.63) is 58.6 Å². The van der Waals surface area contributed by atoms with Gasteiger partial charge in [-0.2, -0.15) is 10.2 Å². The van der Waals surface area contributed by atoms with Crippen molar-refractivity contribution in [2.75, 3.05) is 10.6 Å². The summed E-state index contributed by atoms with van der Waals surface area (Å²) >= 11 is 6.09. The lowest BCUT2D eigenvalue weighted by Gasteiger charge is -2.08. The largest absolute Gasteiger partial charge is 0.324 e. The number of halogens is 1. The molecule has 1 aromatic carbocycles. The van der Waals surface area contributed by atoms with Crippen LogP contribution in [0, 0.1) is 13.8 Å². The third-order valence-electron chi connectivity index (χ3n) is 3.96. The normalized spacial score (nSPS) is 10.7. The fraction of sp³-hybridized carbons (Fsp3) is 0.222. The number of hydrogen-bond donors (Lipinski definition) is 2. The molecule has 0 aliphatic rings. The number of hydrogen-bond acceptors (Lipinski definition) is 4. The van der Waals surface area contributed by atoms with Crippen molar-refractivity contribution in [1.82, 2.24) is 19.6 Å². The molecule has 0 spiro atoms. The van der Waals surface area contributed by atoms with Gasteiger partial charge in [0.15, 0.2) is 5.69 Å². The third kappa shape index (κ3) is 4.35. The molecule has 8 nitrogen and oxygen atoms in total. The summed E-state index contributed by atoms with van der Waals surface area (Å²) in [5.41, 5.74) is 2.99. The molecule has 9 heteroatoms. The van der Waals surface area contributed by atoms with Gasteiger partial charge in [0, 0.05) is 24.6 Å². The van der Waals surface area contributed by atoms with Gasteiger partial charge in [-0.25, -0.2) is 0 Å². The minimum absolute atomic E-state index is 0.0670. The Morgan fingerprint density at radius 2 is 1.67 bits per heavy atom. The lowest BCUT2D eigenvalue weighted by Crippen LogP contribution is -2.20. The molecular weight excluding hydrogens is 368 g/mol. The van der Waals surface area contributed by atoms with Gasteiger partial charge in [0.1, 0.15) is 6.54 Å². The van der Waals surface area contributed by atoms with E-state index in [9.17, 15) is 9.59 Å². The molecule has 0 saturated heterocycles. The second-order valence-electron chi connectivity index (χ2n) is 6.10. The summed E-state index contributed by atoms with van der Waals surface area (Å²) in [6.07, 6.45) is 1.70. The number of aromatic nitrogens is 4. The molecule has 0 saturated carbocycles. The van der Waals surface area contributed by atoms with Gasteiger partial charge < -0.3 is 10.6 Å². The molecule has 27 heavy (non-hydrogen) atoms. The molecule has 2 aromatic heterocycles. The smallest absolute Gasteiger partial charge is 0.276 e. The van der Waals surface area contributed by atoms with E-state index in [0.717, 1.165) is 5.69 Å². The summed E-state index contributed by atoms with van der Waals surface area (Å²) in [6, 6.07) is 8.46. The number of carbonyl (C=O) groups is 2. The van der Waals surface area contributed by atoms with Gasteiger partial charge in [0.05, 0.1) is 16.4 Å². The Balaban J connectivity index is 1.59. The third-order valence-corrected chi connectivity index (χ3v) is 4.51. The van der Waals surface area contributed by atoms with E-state index in [1.165, 1.54) is 0 Å². The van der Waals surface area contributed by atoms with Gasteiger partial charge in [0.2, 0.25) is 5.91 Å². The number of rotatable bonds is 5. The molecule has 2 N–H and O–H groups in total. The van der Waals surface area contributed by atoms with Crippen LogP contribution in [0.1, 0.15) is 21.9 Å². The maximum atomic E-state index is 12.2. The molecule has 140 valence electrons. The highest BCUT2D eigenvalue weighted by molar-refractivity contribution is 6.31. The van der Waals surface area contributed by atoms with Crippen LogP contribution < -0.4 is 10.6 Å². The van der Waals surface area contributed by atoms with Crippen molar-refractivity contribution < 1.29 is 9.59 Å². The summed E-state index contributed by atoms with van der Waals surface area (Å²) in [4.78, 5) is 24.3. The molecular formula is C18H19ClN6O2. The average Bonchev–Trinajstić information content (AvgIpc) is 3.16. The van der Waals surface area contributed by atoms with Crippen LogP contribution in [0.25, 0.3) is 0 Å². The van der Waals surface area contributed by atoms with Crippen molar-refractivity contribution in [2.45, 2.75) is 20.4 Å². The zero-order valence-corrected chi connectivity index (χ0v) is 15.9. The van der Waals surface area contributed by atoms with Crippen LogP contribution in [-0.4, -0.2) is 31.4 Å². The van der Waals surface area contributed by atoms with Crippen LogP contribution in [0.15, 0.2) is 36.5 Å². The summed E-state index contributed by atoms with van der Waals surface area (Å²) in [7, 11) is 1.74. The number of anilines is 2. The zero-order valence-electron chi connectivity index (χ0n) is 15.2. The monoisotopic (exact) mass is 386 g/mol. The number of nitrogens with one attached hydrogen (secondary N) is 2. The predicted molar refractivity (Wildman–Crippen MR) is 103 cm³/mol. The first-order chi connectivity index (χ1) is 12.8. The highest BCUT2D eigenvalue weighted by atomic mass is 35.5. The molecule has 0 unspecified atom stereocenters. The lowest BCUT2D eigenvalue weighted by molar-refractivity contribution is -0.116. The fourth-order valence-electron chi connectivity index (χ4n) is 2.53. The molecule has 2 amide bonds. The van der Waals surface area contributed by atoms with Crippen molar-refractivity contribution in [3.8, 4) is 0 Å². The van der Waals surface area contributed by atoms with E-state index >= 15 is 0 Å². The summed E-state index contributed by atoms with van der Waals surface area (Å²) in [5.74, 6) is -0.517. The van der Waals surface area contributed by atoms with Crippen molar-refractivity contribution in [2.24, 2.45) is 7.05 Å². The van der Waals surface area contributed by atoms with Gasteiger partial charge in [0.25, 0.3) is 5.91 Å². The Hall–Kier alpha value is -3.13. The molecule has 0 fully saturated rings. The van der Waals surface area contributed by atoms with Crippen molar-refractivity contribution >= 4 is 34.8 Å². The van der Waals surface area contributed by atoms with Crippen LogP contribution in [0.5, 0.6) is 0 Å². The van der Waals surface area contributed by atoms with Crippen LogP contribution >= 0.6 is 11.6 Å². The molecule has 0 aliphatic heterocycles. The lowest BCUT2D eigenvalue weighted by atomic mass is 10.2. The number of benzene rings is 1. The maximum Gasteiger partial charge on any atom is 0.276 e. The Morgan fingerprint density at radius 3 is 2.19 bits per heavy atom. The molecule has 3 aromatic rings. The first kappa shape index (κ1) is 18.7. The SMILES string of the molecule is Cc1nn(CC(=O)Nc2ccc(NC(=O)c3ccn(C)n3)cc2)c(C)c1Cl. The summed E-state index contributed by atoms with van der Waals surface area (Å²) < 4.78 is 3.12. The van der Waals surface area contributed by atoms with Gasteiger partial charge in [-0.05, 0) is 44.2 Å². The highest BCUT2D eigenvalue weighted by Crippen LogP contribution is 2.19. The van der Waals surface area contributed by atoms with Crippen molar-refractivity contribution in [3.63, 3.8) is 0 Å². The van der Waals surface area contributed by atoms with Crippen LogP contribution in [0.4, 0.5) is 11.4 Å². The van der Waals surface area contributed by atoms with E-state index in [4.69, 9.17) is 11.6 Å². The van der Waals surface area contributed by atoms with Crippen LogP contribution in [0.3, 0.4) is 0 Å². The van der Waals surface area contributed by atoms with E-state index in [1.807, 2.05) is 6.92 Å². The topological polar surface area (TPSA) is 93.8 Å². The first-order valence-electron chi connectivity index (χ1n) is 8.24. The number of amides is 2. The van der Waals surface area contributed by atoms with Gasteiger partial charge in [-0.3, -0.25) is 19.0 Å². The Labute approximate surface area is 161 Å². The predicted octanol–water partition coefficient (Wildman–Crippen LogP) is 2.78. The number of carbonyl (C=O) groups excluding carboxylic acids is 2. The average molecular weight is 387 g/mol. The molecule has 0 bridgehead atoms. The Bertz CT molecular complexity index is 990. The maximum absolute atomic E-state index is 12.2. The Morgan fingerprint density at radius 1 is 1.04 bits per heavy atom. The number of nitrogens with zero attached hydrogens (tertiary/aromatic N) is 4. The highest BCUT2D eigenvalue weighted by Gasteiger charge is 2.13. The molecule has 0 atom stereocenters. The zero-order chi connectivity index (χ0) is 19.6. The first-order valence-corrected chi connectivity index (χ1v) is 8.61. The van der Waals surface area contributed by atoms with E-state index < -0.39 is 0 Å². The van der Waals surface area contributed by atoms with Crippen molar-refractivity contribution in [1.29, 1.82) is 0 Å². The number of aryl methyl sites for hydroxylation is 2. The quantitative estimate of drug-likeness (QED) is 0.705. The second-order valence-corrected chi connectivity index (χ2v) is 6.47. The fourth-order valence-corrected chi connectivity index (χ4v) is 2.67. The van der Waals surface area contributed by atoms with E-state index in [0.29, 0.717) is 27.8 Å². The van der Waals surface area contributed by atoms with Gasteiger partial charge >= 0.3 is 0 Å². The Kier molecular flexibility index (Phi) is 5.27. The van der Waals surface area contributed by atoms with Crippen LogP contribution in [-0.2, 0) is 18.4 Å². The minimum Gasteiger partial charge on any atom is -0.324 e. The van der Waals surface area contributed by atoms with E-state index in [2.05, 4.69) is 20.8 Å². The minimum atomic E-state index is -0.297. The van der Waals surface area contributed by atoms with Gasteiger partial charge in [-0.15, -0.1) is 0 Å². The van der Waals surface area contributed by atoms with E-state index in [-0.39, 0.29) is 18.4 Å². The summed E-state index contributed by atoms with van der Waals surface area (Å²) in [5, 5.41) is 14.4. The standard InChI is InChI=1S/C18H19ClN6O2/c1-11-17(19)12(2)25(22-11)10-16(26)20-13-4-6-14(7-5-13)21-18(27)15-8-9-24(3)23-15/h4-9H,10H2,1-3H3,(H,20,26)(H,21,27). The molecule has 2 heterocycles. The molecule has 3 rings (SSSR count). The summed E-state index contributed by atoms with van der Waals surface area (Å²) in [6.45, 7) is 3.67. The van der Waals surface area contributed by atoms with E-state index in [1.54, 1.807) is 59.9 Å². The van der Waals surface area contributed by atoms with Crippen LogP contribution in [0.2, 0.25) is 5.02 Å². The molecule has 0 aliphatic carbocycles.